The number of nitrogens with one attached hydrogen (secondary N) is 1. The Labute approximate surface area is 108 Å². The van der Waals surface area contributed by atoms with E-state index in [9.17, 15) is 9.59 Å². The second-order valence-electron chi connectivity index (χ2n) is 4.82. The number of carbonyl (C=O) groups excluding carboxylic acids is 1. The summed E-state index contributed by atoms with van der Waals surface area (Å²) in [5.41, 5.74) is 0. The highest BCUT2D eigenvalue weighted by molar-refractivity contribution is 5.78. The van der Waals surface area contributed by atoms with Gasteiger partial charge in [-0.2, -0.15) is 0 Å². The number of amides is 1. The normalized spacial score (nSPS) is 22.9. The van der Waals surface area contributed by atoms with Crippen molar-refractivity contribution in [2.45, 2.75) is 51.5 Å². The molecule has 1 fully saturated rings. The van der Waals surface area contributed by atoms with Crippen molar-refractivity contribution < 1.29 is 19.4 Å². The summed E-state index contributed by atoms with van der Waals surface area (Å²) >= 11 is 0. The van der Waals surface area contributed by atoms with E-state index < -0.39 is 11.9 Å². The van der Waals surface area contributed by atoms with Crippen LogP contribution in [0.2, 0.25) is 0 Å². The number of rotatable bonds is 8. The Balaban J connectivity index is 2.17. The van der Waals surface area contributed by atoms with Crippen LogP contribution in [-0.2, 0) is 14.3 Å². The van der Waals surface area contributed by atoms with E-state index in [1.807, 2.05) is 0 Å². The highest BCUT2D eigenvalue weighted by Crippen LogP contribution is 2.14. The summed E-state index contributed by atoms with van der Waals surface area (Å²) in [5.74, 6) is -1.57. The van der Waals surface area contributed by atoms with Crippen LogP contribution in [0.5, 0.6) is 0 Å². The SMILES string of the molecule is CCCCCCCC(=O)NC1COCC1C(=O)O. The van der Waals surface area contributed by atoms with Crippen LogP contribution in [0.3, 0.4) is 0 Å². The van der Waals surface area contributed by atoms with Crippen LogP contribution in [0.25, 0.3) is 0 Å². The first-order valence-corrected chi connectivity index (χ1v) is 6.75. The average Bonchev–Trinajstić information content (AvgIpc) is 2.77. The molecule has 0 aromatic heterocycles. The lowest BCUT2D eigenvalue weighted by Crippen LogP contribution is -2.42. The van der Waals surface area contributed by atoms with Gasteiger partial charge in [0.25, 0.3) is 0 Å². The standard InChI is InChI=1S/C13H23NO4/c1-2-3-4-5-6-7-12(15)14-11-9-18-8-10(11)13(16)17/h10-11H,2-9H2,1H3,(H,14,15)(H,16,17). The van der Waals surface area contributed by atoms with E-state index in [0.29, 0.717) is 13.0 Å². The third kappa shape index (κ3) is 5.04. The second kappa shape index (κ2) is 8.08. The van der Waals surface area contributed by atoms with Crippen molar-refractivity contribution in [3.8, 4) is 0 Å². The molecule has 0 aromatic carbocycles. The number of unbranched alkanes of at least 4 members (excludes halogenated alkanes) is 4. The van der Waals surface area contributed by atoms with Crippen LogP contribution >= 0.6 is 0 Å². The zero-order valence-electron chi connectivity index (χ0n) is 11.0. The molecule has 0 saturated carbocycles. The Morgan fingerprint density at radius 1 is 1.22 bits per heavy atom. The van der Waals surface area contributed by atoms with E-state index in [-0.39, 0.29) is 18.6 Å². The number of hydrogen-bond donors (Lipinski definition) is 2. The Morgan fingerprint density at radius 2 is 1.94 bits per heavy atom. The highest BCUT2D eigenvalue weighted by atomic mass is 16.5. The lowest BCUT2D eigenvalue weighted by molar-refractivity contribution is -0.142. The maximum Gasteiger partial charge on any atom is 0.311 e. The molecule has 1 heterocycles. The smallest absolute Gasteiger partial charge is 0.311 e. The third-order valence-corrected chi connectivity index (χ3v) is 3.25. The number of carboxylic acids is 1. The summed E-state index contributed by atoms with van der Waals surface area (Å²) in [6.45, 7) is 2.65. The second-order valence-corrected chi connectivity index (χ2v) is 4.82. The summed E-state index contributed by atoms with van der Waals surface area (Å²) in [6, 6.07) is -0.370. The van der Waals surface area contributed by atoms with Gasteiger partial charge in [0.05, 0.1) is 19.3 Å². The van der Waals surface area contributed by atoms with Crippen molar-refractivity contribution in [2.75, 3.05) is 13.2 Å². The lowest BCUT2D eigenvalue weighted by Gasteiger charge is -2.15. The summed E-state index contributed by atoms with van der Waals surface area (Å²) < 4.78 is 5.09. The fraction of sp³-hybridized carbons (Fsp3) is 0.846. The minimum atomic E-state index is -0.902. The first-order chi connectivity index (χ1) is 8.65. The molecule has 0 aliphatic carbocycles. The monoisotopic (exact) mass is 257 g/mol. The molecule has 0 spiro atoms. The summed E-state index contributed by atoms with van der Waals surface area (Å²) in [5, 5.41) is 11.7. The van der Waals surface area contributed by atoms with Gasteiger partial charge in [-0.05, 0) is 6.42 Å². The molecule has 1 saturated heterocycles. The predicted molar refractivity (Wildman–Crippen MR) is 67.3 cm³/mol. The largest absolute Gasteiger partial charge is 0.481 e. The van der Waals surface area contributed by atoms with E-state index in [2.05, 4.69) is 12.2 Å². The fourth-order valence-corrected chi connectivity index (χ4v) is 2.11. The molecule has 0 radical (unpaired) electrons. The van der Waals surface area contributed by atoms with Gasteiger partial charge in [0.1, 0.15) is 5.92 Å². The molecule has 2 unspecified atom stereocenters. The van der Waals surface area contributed by atoms with Gasteiger partial charge >= 0.3 is 5.97 Å². The topological polar surface area (TPSA) is 75.6 Å². The Bertz CT molecular complexity index is 280. The van der Waals surface area contributed by atoms with Gasteiger partial charge in [-0.1, -0.05) is 32.6 Å². The van der Waals surface area contributed by atoms with Crippen LogP contribution in [0.1, 0.15) is 45.4 Å². The van der Waals surface area contributed by atoms with Crippen LogP contribution < -0.4 is 5.32 Å². The van der Waals surface area contributed by atoms with Gasteiger partial charge in [0, 0.05) is 6.42 Å². The maximum atomic E-state index is 11.6. The minimum Gasteiger partial charge on any atom is -0.481 e. The molecular formula is C13H23NO4. The van der Waals surface area contributed by atoms with Gasteiger partial charge in [-0.15, -0.1) is 0 Å². The number of ether oxygens (including phenoxy) is 1. The number of carbonyl (C=O) groups is 2. The van der Waals surface area contributed by atoms with Crippen molar-refractivity contribution in [3.05, 3.63) is 0 Å². The van der Waals surface area contributed by atoms with Crippen LogP contribution in [0.4, 0.5) is 0 Å². The molecule has 1 amide bonds. The summed E-state index contributed by atoms with van der Waals surface area (Å²) in [4.78, 5) is 22.5. The Morgan fingerprint density at radius 3 is 2.61 bits per heavy atom. The molecule has 0 aromatic rings. The van der Waals surface area contributed by atoms with Crippen molar-refractivity contribution >= 4 is 11.9 Å². The van der Waals surface area contributed by atoms with Gasteiger partial charge in [-0.25, -0.2) is 0 Å². The van der Waals surface area contributed by atoms with Crippen LogP contribution in [0.15, 0.2) is 0 Å². The van der Waals surface area contributed by atoms with Crippen LogP contribution in [0, 0.1) is 5.92 Å². The van der Waals surface area contributed by atoms with E-state index in [4.69, 9.17) is 9.84 Å². The van der Waals surface area contributed by atoms with Crippen LogP contribution in [-0.4, -0.2) is 36.2 Å². The van der Waals surface area contributed by atoms with Crippen molar-refractivity contribution in [3.63, 3.8) is 0 Å². The number of hydrogen-bond acceptors (Lipinski definition) is 3. The minimum absolute atomic E-state index is 0.0618. The average molecular weight is 257 g/mol. The molecule has 104 valence electrons. The van der Waals surface area contributed by atoms with Gasteiger partial charge in [0.15, 0.2) is 0 Å². The lowest BCUT2D eigenvalue weighted by atomic mass is 10.0. The first kappa shape index (κ1) is 15.0. The molecular weight excluding hydrogens is 234 g/mol. The number of aliphatic carboxylic acids is 1. The zero-order chi connectivity index (χ0) is 13.4. The van der Waals surface area contributed by atoms with Gasteiger partial charge < -0.3 is 15.2 Å². The molecule has 1 aliphatic rings. The Kier molecular flexibility index (Phi) is 6.72. The molecule has 1 aliphatic heterocycles. The quantitative estimate of drug-likeness (QED) is 0.647. The van der Waals surface area contributed by atoms with E-state index >= 15 is 0 Å². The molecule has 5 heteroatoms. The van der Waals surface area contributed by atoms with E-state index in [1.54, 1.807) is 0 Å². The molecule has 1 rings (SSSR count). The molecule has 5 nitrogen and oxygen atoms in total. The summed E-state index contributed by atoms with van der Waals surface area (Å²) in [7, 11) is 0. The van der Waals surface area contributed by atoms with E-state index in [0.717, 1.165) is 19.3 Å². The summed E-state index contributed by atoms with van der Waals surface area (Å²) in [6.07, 6.45) is 5.97. The predicted octanol–water partition coefficient (Wildman–Crippen LogP) is 1.56. The Hall–Kier alpha value is -1.10. The zero-order valence-corrected chi connectivity index (χ0v) is 11.0. The molecule has 2 atom stereocenters. The van der Waals surface area contributed by atoms with Gasteiger partial charge in [-0.3, -0.25) is 9.59 Å². The highest BCUT2D eigenvalue weighted by Gasteiger charge is 2.34. The fourth-order valence-electron chi connectivity index (χ4n) is 2.11. The molecule has 2 N–H and O–H groups in total. The van der Waals surface area contributed by atoms with Gasteiger partial charge in [0.2, 0.25) is 5.91 Å². The third-order valence-electron chi connectivity index (χ3n) is 3.25. The molecule has 18 heavy (non-hydrogen) atoms. The number of carboxylic acid groups (broad SMARTS) is 1. The van der Waals surface area contributed by atoms with Crippen molar-refractivity contribution in [1.82, 2.24) is 5.32 Å². The van der Waals surface area contributed by atoms with Crippen molar-refractivity contribution in [1.29, 1.82) is 0 Å². The van der Waals surface area contributed by atoms with Crippen molar-refractivity contribution in [2.24, 2.45) is 5.92 Å². The first-order valence-electron chi connectivity index (χ1n) is 6.75. The molecule has 0 bridgehead atoms. The van der Waals surface area contributed by atoms with E-state index in [1.165, 1.54) is 12.8 Å². The maximum absolute atomic E-state index is 11.6.